The molecule has 5 rings (SSSR count). The first-order chi connectivity index (χ1) is 14.7. The summed E-state index contributed by atoms with van der Waals surface area (Å²) < 4.78 is 0. The summed E-state index contributed by atoms with van der Waals surface area (Å²) in [4.78, 5) is 19.8. The molecule has 5 nitrogen and oxygen atoms in total. The summed E-state index contributed by atoms with van der Waals surface area (Å²) in [6.07, 6.45) is 3.84. The van der Waals surface area contributed by atoms with Crippen molar-refractivity contribution in [1.29, 1.82) is 0 Å². The minimum absolute atomic E-state index is 0.167. The van der Waals surface area contributed by atoms with Crippen molar-refractivity contribution in [2.45, 2.75) is 5.75 Å². The zero-order chi connectivity index (χ0) is 20.7. The average molecular weight is 433 g/mol. The number of hydrogen-bond donors (Lipinski definition) is 2. The van der Waals surface area contributed by atoms with E-state index < -0.39 is 0 Å². The van der Waals surface area contributed by atoms with E-state index in [0.29, 0.717) is 10.7 Å². The van der Waals surface area contributed by atoms with Crippen molar-refractivity contribution in [2.24, 2.45) is 0 Å². The zero-order valence-corrected chi connectivity index (χ0v) is 17.6. The van der Waals surface area contributed by atoms with Crippen molar-refractivity contribution in [3.05, 3.63) is 81.7 Å². The van der Waals surface area contributed by atoms with E-state index in [1.54, 1.807) is 24.0 Å². The monoisotopic (exact) mass is 432 g/mol. The maximum Gasteiger partial charge on any atom is 0.249 e. The van der Waals surface area contributed by atoms with Crippen LogP contribution >= 0.6 is 23.4 Å². The van der Waals surface area contributed by atoms with Gasteiger partial charge in [-0.25, -0.2) is 4.98 Å². The van der Waals surface area contributed by atoms with Gasteiger partial charge in [0.2, 0.25) is 5.56 Å². The summed E-state index contributed by atoms with van der Waals surface area (Å²) in [5.74, 6) is 0.765. The van der Waals surface area contributed by atoms with Gasteiger partial charge < -0.3 is 4.98 Å². The molecule has 0 unspecified atom stereocenters. The van der Waals surface area contributed by atoms with E-state index in [2.05, 4.69) is 27.5 Å². The molecule has 148 valence electrons. The number of hydrogen-bond acceptors (Lipinski definition) is 4. The van der Waals surface area contributed by atoms with E-state index >= 15 is 0 Å². The smallest absolute Gasteiger partial charge is 0.249 e. The van der Waals surface area contributed by atoms with Crippen LogP contribution in [0.1, 0.15) is 5.56 Å². The Labute approximate surface area is 181 Å². The fraction of sp³-hybridized carbons (Fsp3) is 0.0870. The molecule has 3 heterocycles. The van der Waals surface area contributed by atoms with Crippen LogP contribution in [0.5, 0.6) is 0 Å². The highest BCUT2D eigenvalue weighted by atomic mass is 35.5. The number of benzene rings is 2. The quantitative estimate of drug-likeness (QED) is 0.385. The van der Waals surface area contributed by atoms with E-state index in [1.807, 2.05) is 42.5 Å². The normalized spacial score (nSPS) is 11.4. The first-order valence-electron chi connectivity index (χ1n) is 9.39. The molecule has 0 fully saturated rings. The highest BCUT2D eigenvalue weighted by Gasteiger charge is 2.20. The number of fused-ring (bicyclic) bond motifs is 2. The zero-order valence-electron chi connectivity index (χ0n) is 16.1. The summed E-state index contributed by atoms with van der Waals surface area (Å²) >= 11 is 8.30. The second-order valence-electron chi connectivity index (χ2n) is 6.99. The topological polar surface area (TPSA) is 74.4 Å². The van der Waals surface area contributed by atoms with Crippen molar-refractivity contribution in [3.8, 4) is 22.4 Å². The highest BCUT2D eigenvalue weighted by molar-refractivity contribution is 7.97. The van der Waals surface area contributed by atoms with Gasteiger partial charge in [-0.3, -0.25) is 9.89 Å². The van der Waals surface area contributed by atoms with Crippen molar-refractivity contribution in [1.82, 2.24) is 20.2 Å². The van der Waals surface area contributed by atoms with Gasteiger partial charge in [-0.05, 0) is 35.6 Å². The minimum Gasteiger partial charge on any atom is -0.307 e. The number of aromatic nitrogens is 4. The van der Waals surface area contributed by atoms with Crippen LogP contribution in [0.3, 0.4) is 0 Å². The predicted molar refractivity (Wildman–Crippen MR) is 125 cm³/mol. The number of thioether (sulfide) groups is 1. The Morgan fingerprint density at radius 1 is 1.07 bits per heavy atom. The lowest BCUT2D eigenvalue weighted by molar-refractivity contribution is 1.12. The molecule has 2 N–H and O–H groups in total. The Morgan fingerprint density at radius 2 is 1.90 bits per heavy atom. The van der Waals surface area contributed by atoms with Gasteiger partial charge in [0.25, 0.3) is 0 Å². The van der Waals surface area contributed by atoms with Crippen LogP contribution in [-0.4, -0.2) is 26.4 Å². The number of nitrogens with zero attached hydrogens (tertiary/aromatic N) is 2. The highest BCUT2D eigenvalue weighted by Crippen LogP contribution is 2.40. The fourth-order valence-electron chi connectivity index (χ4n) is 3.81. The second kappa shape index (κ2) is 7.63. The summed E-state index contributed by atoms with van der Waals surface area (Å²) in [5, 5.41) is 9.55. The van der Waals surface area contributed by atoms with Gasteiger partial charge in [0.15, 0.2) is 0 Å². The third kappa shape index (κ3) is 3.18. The number of halogens is 1. The molecule has 0 aliphatic carbocycles. The van der Waals surface area contributed by atoms with Crippen LogP contribution in [0.15, 0.2) is 65.6 Å². The maximum atomic E-state index is 12.0. The van der Waals surface area contributed by atoms with E-state index in [0.717, 1.165) is 50.0 Å². The molecule has 0 saturated carbocycles. The van der Waals surface area contributed by atoms with Crippen LogP contribution in [0.25, 0.3) is 44.3 Å². The molecule has 0 atom stereocenters. The van der Waals surface area contributed by atoms with Gasteiger partial charge in [-0.1, -0.05) is 41.9 Å². The van der Waals surface area contributed by atoms with Gasteiger partial charge in [0.05, 0.1) is 22.4 Å². The lowest BCUT2D eigenvalue weighted by Crippen LogP contribution is -2.07. The van der Waals surface area contributed by atoms with Gasteiger partial charge in [-0.2, -0.15) is 16.9 Å². The van der Waals surface area contributed by atoms with Crippen LogP contribution in [-0.2, 0) is 5.75 Å². The third-order valence-corrected chi connectivity index (χ3v) is 5.99. The molecular weight excluding hydrogens is 416 g/mol. The molecule has 5 aromatic rings. The number of aromatic amines is 2. The lowest BCUT2D eigenvalue weighted by Gasteiger charge is -2.17. The van der Waals surface area contributed by atoms with Gasteiger partial charge >= 0.3 is 0 Å². The number of rotatable bonds is 4. The maximum absolute atomic E-state index is 12.0. The van der Waals surface area contributed by atoms with Crippen molar-refractivity contribution in [3.63, 3.8) is 0 Å². The molecule has 0 aliphatic rings. The Bertz CT molecular complexity index is 1440. The molecule has 2 aromatic carbocycles. The summed E-state index contributed by atoms with van der Waals surface area (Å²) in [5.41, 5.74) is 6.12. The van der Waals surface area contributed by atoms with Gasteiger partial charge in [0.1, 0.15) is 5.65 Å². The van der Waals surface area contributed by atoms with E-state index in [4.69, 9.17) is 16.6 Å². The van der Waals surface area contributed by atoms with E-state index in [9.17, 15) is 4.79 Å². The van der Waals surface area contributed by atoms with Gasteiger partial charge in [0, 0.05) is 33.7 Å². The molecule has 0 saturated heterocycles. The SMILES string of the molecule is CSCc1c(-c2cc(Cl)c3[nH]ncc3c2)c(-c2ccccc2)nc2[nH]c(=O)ccc12. The Kier molecular flexibility index (Phi) is 4.81. The van der Waals surface area contributed by atoms with Crippen molar-refractivity contribution in [2.75, 3.05) is 6.26 Å². The lowest BCUT2D eigenvalue weighted by atomic mass is 9.92. The Hall–Kier alpha value is -3.09. The molecular formula is C23H17ClN4OS. The molecule has 30 heavy (non-hydrogen) atoms. The van der Waals surface area contributed by atoms with Crippen molar-refractivity contribution < 1.29 is 0 Å². The predicted octanol–water partition coefficient (Wildman–Crippen LogP) is 5.65. The molecule has 0 bridgehead atoms. The van der Waals surface area contributed by atoms with Crippen LogP contribution in [0.4, 0.5) is 0 Å². The van der Waals surface area contributed by atoms with E-state index in [1.165, 1.54) is 0 Å². The first kappa shape index (κ1) is 18.9. The van der Waals surface area contributed by atoms with Crippen LogP contribution in [0, 0.1) is 0 Å². The molecule has 7 heteroatoms. The standard InChI is InChI=1S/C23H17ClN4OS/c1-30-12-17-16-7-8-19(29)26-23(16)27-22(13-5-3-2-4-6-13)20(17)14-9-15-11-25-28-21(15)18(24)10-14/h2-11H,12H2,1H3,(H,25,28)(H,26,27,29). The van der Waals surface area contributed by atoms with Crippen LogP contribution in [0.2, 0.25) is 5.02 Å². The second-order valence-corrected chi connectivity index (χ2v) is 8.26. The molecule has 0 amide bonds. The third-order valence-electron chi connectivity index (χ3n) is 5.11. The van der Waals surface area contributed by atoms with Crippen molar-refractivity contribution >= 4 is 45.3 Å². The first-order valence-corrected chi connectivity index (χ1v) is 11.2. The molecule has 0 radical (unpaired) electrons. The summed E-state index contributed by atoms with van der Waals surface area (Å²) in [6, 6.07) is 17.4. The molecule has 0 aliphatic heterocycles. The Morgan fingerprint density at radius 3 is 2.70 bits per heavy atom. The van der Waals surface area contributed by atoms with Crippen LogP contribution < -0.4 is 5.56 Å². The summed E-state index contributed by atoms with van der Waals surface area (Å²) in [7, 11) is 0. The van der Waals surface area contributed by atoms with E-state index in [-0.39, 0.29) is 5.56 Å². The average Bonchev–Trinajstić information content (AvgIpc) is 3.23. The fourth-order valence-corrected chi connectivity index (χ4v) is 4.67. The minimum atomic E-state index is -0.167. The number of pyridine rings is 2. The number of nitrogens with one attached hydrogen (secondary N) is 2. The number of H-pyrrole nitrogens is 2. The molecule has 0 spiro atoms. The largest absolute Gasteiger partial charge is 0.307 e. The summed E-state index contributed by atoms with van der Waals surface area (Å²) in [6.45, 7) is 0. The van der Waals surface area contributed by atoms with Gasteiger partial charge in [-0.15, -0.1) is 0 Å². The molecule has 3 aromatic heterocycles. The Balaban J connectivity index is 1.93.